The second kappa shape index (κ2) is 11.1. The normalized spacial score (nSPS) is 11.6. The van der Waals surface area contributed by atoms with E-state index in [4.69, 9.17) is 11.6 Å². The fraction of sp³-hybridized carbons (Fsp3) is 0.107. The Labute approximate surface area is 233 Å². The first kappa shape index (κ1) is 28.2. The van der Waals surface area contributed by atoms with E-state index >= 15 is 0 Å². The number of carbonyl (C=O) groups is 1. The van der Waals surface area contributed by atoms with Crippen LogP contribution in [0.3, 0.4) is 0 Å². The summed E-state index contributed by atoms with van der Waals surface area (Å²) in [5.74, 6) is -0.506. The molecule has 0 bridgehead atoms. The zero-order valence-electron chi connectivity index (χ0n) is 21.3. The summed E-state index contributed by atoms with van der Waals surface area (Å²) in [5.41, 5.74) is 3.91. The average molecular weight is 584 g/mol. The van der Waals surface area contributed by atoms with Crippen LogP contribution >= 0.6 is 11.6 Å². The molecule has 4 aromatic carbocycles. The lowest BCUT2D eigenvalue weighted by molar-refractivity contribution is 0.102. The van der Waals surface area contributed by atoms with Gasteiger partial charge in [-0.05, 0) is 87.0 Å². The molecule has 202 valence electrons. The van der Waals surface area contributed by atoms with E-state index < -0.39 is 26.0 Å². The second-order valence-electron chi connectivity index (χ2n) is 9.02. The number of aryl methyl sites for hydroxylation is 3. The lowest BCUT2D eigenvalue weighted by Gasteiger charge is -2.13. The topological polar surface area (TPSA) is 121 Å². The van der Waals surface area contributed by atoms with E-state index in [0.29, 0.717) is 11.4 Å². The van der Waals surface area contributed by atoms with Gasteiger partial charge in [-0.3, -0.25) is 14.2 Å². The van der Waals surface area contributed by atoms with Crippen molar-refractivity contribution in [3.63, 3.8) is 0 Å². The van der Waals surface area contributed by atoms with Gasteiger partial charge in [0.15, 0.2) is 0 Å². The van der Waals surface area contributed by atoms with Crippen molar-refractivity contribution in [3.8, 4) is 0 Å². The molecule has 0 spiro atoms. The Morgan fingerprint density at radius 1 is 0.641 bits per heavy atom. The van der Waals surface area contributed by atoms with E-state index in [2.05, 4.69) is 14.8 Å². The molecule has 0 saturated heterocycles. The van der Waals surface area contributed by atoms with Crippen molar-refractivity contribution >= 4 is 54.6 Å². The highest BCUT2D eigenvalue weighted by atomic mass is 35.5. The van der Waals surface area contributed by atoms with Crippen molar-refractivity contribution in [3.05, 3.63) is 112 Å². The molecule has 4 rings (SSSR count). The lowest BCUT2D eigenvalue weighted by Crippen LogP contribution is -2.15. The summed E-state index contributed by atoms with van der Waals surface area (Å²) in [7, 11) is -7.69. The van der Waals surface area contributed by atoms with Crippen molar-refractivity contribution in [2.24, 2.45) is 0 Å². The fourth-order valence-corrected chi connectivity index (χ4v) is 6.21. The molecule has 8 nitrogen and oxygen atoms in total. The van der Waals surface area contributed by atoms with Crippen LogP contribution in [0.1, 0.15) is 27.0 Å². The van der Waals surface area contributed by atoms with Crippen LogP contribution in [0.5, 0.6) is 0 Å². The maximum atomic E-state index is 12.8. The van der Waals surface area contributed by atoms with Gasteiger partial charge in [-0.25, -0.2) is 16.8 Å². The Bertz CT molecular complexity index is 1750. The zero-order valence-corrected chi connectivity index (χ0v) is 23.7. The molecule has 0 aliphatic carbocycles. The van der Waals surface area contributed by atoms with E-state index in [0.717, 1.165) is 16.7 Å². The van der Waals surface area contributed by atoms with Gasteiger partial charge in [-0.1, -0.05) is 47.0 Å². The van der Waals surface area contributed by atoms with Crippen molar-refractivity contribution in [2.45, 2.75) is 30.6 Å². The van der Waals surface area contributed by atoms with Crippen LogP contribution in [0, 0.1) is 20.8 Å². The molecule has 0 radical (unpaired) electrons. The summed E-state index contributed by atoms with van der Waals surface area (Å²) in [4.78, 5) is 12.9. The third-order valence-electron chi connectivity index (χ3n) is 5.86. The van der Waals surface area contributed by atoms with Crippen LogP contribution in [0.15, 0.2) is 94.7 Å². The fourth-order valence-electron chi connectivity index (χ4n) is 3.71. The van der Waals surface area contributed by atoms with Crippen molar-refractivity contribution in [1.82, 2.24) is 0 Å². The summed E-state index contributed by atoms with van der Waals surface area (Å²) in [6.07, 6.45) is 0. The predicted octanol–water partition coefficient (Wildman–Crippen LogP) is 6.12. The zero-order chi connectivity index (χ0) is 28.4. The molecule has 39 heavy (non-hydrogen) atoms. The molecule has 0 aromatic heterocycles. The summed E-state index contributed by atoms with van der Waals surface area (Å²) < 4.78 is 55.9. The van der Waals surface area contributed by atoms with Gasteiger partial charge in [0.25, 0.3) is 26.0 Å². The molecule has 0 unspecified atom stereocenters. The van der Waals surface area contributed by atoms with Gasteiger partial charge in [0.2, 0.25) is 0 Å². The highest BCUT2D eigenvalue weighted by molar-refractivity contribution is 7.93. The minimum atomic E-state index is -3.86. The van der Waals surface area contributed by atoms with Gasteiger partial charge in [-0.2, -0.15) is 0 Å². The first-order valence-electron chi connectivity index (χ1n) is 11.7. The number of halogens is 1. The quantitative estimate of drug-likeness (QED) is 0.231. The van der Waals surface area contributed by atoms with Crippen LogP contribution in [-0.4, -0.2) is 22.7 Å². The summed E-state index contributed by atoms with van der Waals surface area (Å²) >= 11 is 6.27. The molecule has 1 amide bonds. The second-order valence-corrected chi connectivity index (χ2v) is 12.8. The molecule has 0 aliphatic rings. The van der Waals surface area contributed by atoms with Gasteiger partial charge >= 0.3 is 0 Å². The van der Waals surface area contributed by atoms with Gasteiger partial charge in [-0.15, -0.1) is 0 Å². The predicted molar refractivity (Wildman–Crippen MR) is 155 cm³/mol. The number of carbonyl (C=O) groups excluding carboxylic acids is 1. The molecular weight excluding hydrogens is 558 g/mol. The van der Waals surface area contributed by atoms with Crippen molar-refractivity contribution in [2.75, 3.05) is 14.8 Å². The third kappa shape index (κ3) is 6.78. The number of benzene rings is 4. The SMILES string of the molecule is Cc1ccc(S(=O)(=O)Nc2ccc(C(=O)Nc3ccc(S(=O)(=O)Nc4ccc(C)cc4C)cc3)cc2Cl)cc1. The number of rotatable bonds is 8. The Morgan fingerprint density at radius 2 is 1.15 bits per heavy atom. The number of hydrogen-bond donors (Lipinski definition) is 3. The number of nitrogens with one attached hydrogen (secondary N) is 3. The van der Waals surface area contributed by atoms with Crippen LogP contribution in [0.4, 0.5) is 17.1 Å². The maximum Gasteiger partial charge on any atom is 0.261 e. The maximum absolute atomic E-state index is 12.8. The largest absolute Gasteiger partial charge is 0.322 e. The van der Waals surface area contributed by atoms with Crippen LogP contribution in [0.25, 0.3) is 0 Å². The third-order valence-corrected chi connectivity index (χ3v) is 8.93. The number of anilines is 3. The number of sulfonamides is 2. The average Bonchev–Trinajstić information content (AvgIpc) is 2.87. The van der Waals surface area contributed by atoms with Crippen molar-refractivity contribution < 1.29 is 21.6 Å². The van der Waals surface area contributed by atoms with Crippen LogP contribution < -0.4 is 14.8 Å². The summed E-state index contributed by atoms with van der Waals surface area (Å²) in [6, 6.07) is 21.7. The molecule has 0 heterocycles. The molecule has 11 heteroatoms. The first-order chi connectivity index (χ1) is 18.3. The minimum absolute atomic E-state index is 0.0359. The molecular formula is C28H26ClN3O5S2. The molecule has 3 N–H and O–H groups in total. The van der Waals surface area contributed by atoms with E-state index in [1.54, 1.807) is 18.2 Å². The highest BCUT2D eigenvalue weighted by Gasteiger charge is 2.18. The molecule has 0 fully saturated rings. The van der Waals surface area contributed by atoms with Gasteiger partial charge in [0, 0.05) is 11.3 Å². The molecule has 0 atom stereocenters. The monoisotopic (exact) mass is 583 g/mol. The summed E-state index contributed by atoms with van der Waals surface area (Å²) in [6.45, 7) is 5.60. The van der Waals surface area contributed by atoms with Crippen LogP contribution in [0.2, 0.25) is 5.02 Å². The van der Waals surface area contributed by atoms with Gasteiger partial charge < -0.3 is 5.32 Å². The lowest BCUT2D eigenvalue weighted by atomic mass is 10.1. The van der Waals surface area contributed by atoms with E-state index in [1.807, 2.05) is 32.9 Å². The van der Waals surface area contributed by atoms with Crippen LogP contribution in [-0.2, 0) is 20.0 Å². The minimum Gasteiger partial charge on any atom is -0.322 e. The molecule has 0 saturated carbocycles. The molecule has 0 aliphatic heterocycles. The van der Waals surface area contributed by atoms with E-state index in [9.17, 15) is 21.6 Å². The number of hydrogen-bond acceptors (Lipinski definition) is 5. The first-order valence-corrected chi connectivity index (χ1v) is 15.1. The van der Waals surface area contributed by atoms with Gasteiger partial charge in [0.1, 0.15) is 0 Å². The Hall–Kier alpha value is -3.86. The molecule has 4 aromatic rings. The summed E-state index contributed by atoms with van der Waals surface area (Å²) in [5, 5.41) is 2.72. The smallest absolute Gasteiger partial charge is 0.261 e. The Morgan fingerprint density at radius 3 is 1.72 bits per heavy atom. The Kier molecular flexibility index (Phi) is 8.01. The number of amides is 1. The van der Waals surface area contributed by atoms with E-state index in [-0.39, 0.29) is 26.1 Å². The Balaban J connectivity index is 1.44. The van der Waals surface area contributed by atoms with E-state index in [1.165, 1.54) is 54.6 Å². The standard InChI is InChI=1S/C28H26ClN3O5S2/c1-18-4-10-23(11-5-18)39(36,37)32-27-15-7-21(17-25(27)29)28(33)30-22-8-12-24(13-9-22)38(34,35)31-26-14-6-19(2)16-20(26)3/h4-17,31-32H,1-3H3,(H,30,33). The van der Waals surface area contributed by atoms with Gasteiger partial charge in [0.05, 0.1) is 26.2 Å². The highest BCUT2D eigenvalue weighted by Crippen LogP contribution is 2.27. The van der Waals surface area contributed by atoms with Crippen molar-refractivity contribution in [1.29, 1.82) is 0 Å².